The molecule has 3 aromatic rings. The quantitative estimate of drug-likeness (QED) is 0.738. The van der Waals surface area contributed by atoms with E-state index < -0.39 is 0 Å². The molecule has 1 aliphatic rings. The molecule has 126 valence electrons. The summed E-state index contributed by atoms with van der Waals surface area (Å²) < 4.78 is 1.80. The molecule has 1 amide bonds. The van der Waals surface area contributed by atoms with Crippen molar-refractivity contribution in [2.45, 2.75) is 25.3 Å². The fourth-order valence-electron chi connectivity index (χ4n) is 3.61. The van der Waals surface area contributed by atoms with Crippen molar-refractivity contribution >= 4 is 5.91 Å². The number of nitrogens with zero attached hydrogens (tertiary/aromatic N) is 4. The molecule has 0 spiro atoms. The summed E-state index contributed by atoms with van der Waals surface area (Å²) in [6.45, 7) is 0. The number of aromatic nitrogens is 3. The second kappa shape index (κ2) is 6.51. The Kier molecular flexibility index (Phi) is 4.06. The van der Waals surface area contributed by atoms with E-state index in [-0.39, 0.29) is 11.9 Å². The summed E-state index contributed by atoms with van der Waals surface area (Å²) in [4.78, 5) is 14.9. The predicted molar refractivity (Wildman–Crippen MR) is 95.6 cm³/mol. The van der Waals surface area contributed by atoms with E-state index in [1.165, 1.54) is 11.1 Å². The van der Waals surface area contributed by atoms with Gasteiger partial charge in [-0.05, 0) is 48.6 Å². The van der Waals surface area contributed by atoms with Gasteiger partial charge in [0.2, 0.25) is 0 Å². The van der Waals surface area contributed by atoms with Crippen molar-refractivity contribution in [2.24, 2.45) is 0 Å². The number of carbonyl (C=O) groups excluding carboxylic acids is 1. The number of fused-ring (bicyclic) bond motifs is 1. The van der Waals surface area contributed by atoms with Crippen molar-refractivity contribution in [2.75, 3.05) is 7.05 Å². The number of amides is 1. The van der Waals surface area contributed by atoms with Crippen LogP contribution < -0.4 is 0 Å². The van der Waals surface area contributed by atoms with Gasteiger partial charge in [-0.25, -0.2) is 0 Å². The van der Waals surface area contributed by atoms with Crippen molar-refractivity contribution in [1.29, 1.82) is 0 Å². The Bertz CT molecular complexity index is 888. The van der Waals surface area contributed by atoms with Gasteiger partial charge in [0.25, 0.3) is 5.91 Å². The number of carbonyl (C=O) groups is 1. The molecular formula is C20H20N4O. The van der Waals surface area contributed by atoms with Crippen LogP contribution in [-0.2, 0) is 6.42 Å². The zero-order valence-corrected chi connectivity index (χ0v) is 14.2. The molecule has 0 N–H and O–H groups in total. The minimum absolute atomic E-state index is 0.0385. The summed E-state index contributed by atoms with van der Waals surface area (Å²) in [5.74, 6) is 0.0385. The highest BCUT2D eigenvalue weighted by Gasteiger charge is 2.27. The minimum Gasteiger partial charge on any atom is -0.335 e. The van der Waals surface area contributed by atoms with Crippen LogP contribution in [0.4, 0.5) is 0 Å². The maximum Gasteiger partial charge on any atom is 0.254 e. The van der Waals surface area contributed by atoms with E-state index >= 15 is 0 Å². The number of aryl methyl sites for hydroxylation is 1. The molecule has 1 atom stereocenters. The van der Waals surface area contributed by atoms with Gasteiger partial charge < -0.3 is 4.90 Å². The lowest BCUT2D eigenvalue weighted by Crippen LogP contribution is -2.33. The monoisotopic (exact) mass is 332 g/mol. The van der Waals surface area contributed by atoms with E-state index in [0.29, 0.717) is 5.56 Å². The van der Waals surface area contributed by atoms with Gasteiger partial charge in [-0.3, -0.25) is 9.36 Å². The Labute approximate surface area is 146 Å². The Morgan fingerprint density at radius 3 is 2.76 bits per heavy atom. The fourth-order valence-corrected chi connectivity index (χ4v) is 3.61. The van der Waals surface area contributed by atoms with Crippen LogP contribution in [0.25, 0.3) is 5.69 Å². The third-order valence-electron chi connectivity index (χ3n) is 4.94. The highest BCUT2D eigenvalue weighted by atomic mass is 16.2. The lowest BCUT2D eigenvalue weighted by atomic mass is 9.87. The summed E-state index contributed by atoms with van der Waals surface area (Å²) in [7, 11) is 1.90. The van der Waals surface area contributed by atoms with Crippen LogP contribution >= 0.6 is 0 Å². The van der Waals surface area contributed by atoms with Crippen molar-refractivity contribution in [3.63, 3.8) is 0 Å². The lowest BCUT2D eigenvalue weighted by Gasteiger charge is -2.33. The Hall–Kier alpha value is -2.95. The SMILES string of the molecule is CN(C(=O)c1cccc(-n2cnnc2)c1)[C@@H]1CCCc2ccccc21. The summed E-state index contributed by atoms with van der Waals surface area (Å²) in [6.07, 6.45) is 6.47. The van der Waals surface area contributed by atoms with E-state index in [9.17, 15) is 4.79 Å². The first-order valence-corrected chi connectivity index (χ1v) is 8.54. The average Bonchev–Trinajstić information content (AvgIpc) is 3.21. The van der Waals surface area contributed by atoms with Crippen LogP contribution in [0.2, 0.25) is 0 Å². The zero-order valence-electron chi connectivity index (χ0n) is 14.2. The van der Waals surface area contributed by atoms with Gasteiger partial charge in [0.1, 0.15) is 12.7 Å². The number of rotatable bonds is 3. The van der Waals surface area contributed by atoms with Gasteiger partial charge >= 0.3 is 0 Å². The van der Waals surface area contributed by atoms with Crippen LogP contribution in [-0.4, -0.2) is 32.6 Å². The minimum atomic E-state index is 0.0385. The lowest BCUT2D eigenvalue weighted by molar-refractivity contribution is 0.0715. The molecule has 1 aliphatic carbocycles. The normalized spacial score (nSPS) is 16.3. The fraction of sp³-hybridized carbons (Fsp3) is 0.250. The van der Waals surface area contributed by atoms with E-state index in [1.54, 1.807) is 17.2 Å². The van der Waals surface area contributed by atoms with Crippen molar-refractivity contribution in [3.05, 3.63) is 77.9 Å². The smallest absolute Gasteiger partial charge is 0.254 e. The molecule has 0 bridgehead atoms. The molecule has 5 heteroatoms. The molecule has 0 unspecified atom stereocenters. The molecule has 2 aromatic carbocycles. The molecular weight excluding hydrogens is 312 g/mol. The third-order valence-corrected chi connectivity index (χ3v) is 4.94. The van der Waals surface area contributed by atoms with Crippen LogP contribution in [0.15, 0.2) is 61.2 Å². The Morgan fingerprint density at radius 1 is 1.12 bits per heavy atom. The van der Waals surface area contributed by atoms with E-state index in [1.807, 2.05) is 36.2 Å². The molecule has 0 saturated carbocycles. The van der Waals surface area contributed by atoms with Gasteiger partial charge in [-0.15, -0.1) is 10.2 Å². The van der Waals surface area contributed by atoms with E-state index in [2.05, 4.69) is 34.5 Å². The predicted octanol–water partition coefficient (Wildman–Crippen LogP) is 3.42. The van der Waals surface area contributed by atoms with Crippen LogP contribution in [0.5, 0.6) is 0 Å². The standard InChI is InChI=1S/C20H20N4O/c1-23(19-11-5-7-15-6-2-3-10-18(15)19)20(25)16-8-4-9-17(12-16)24-13-21-22-14-24/h2-4,6,8-10,12-14,19H,5,7,11H2,1H3/t19-/m1/s1. The highest BCUT2D eigenvalue weighted by Crippen LogP contribution is 2.34. The van der Waals surface area contributed by atoms with Gasteiger partial charge in [-0.1, -0.05) is 30.3 Å². The van der Waals surface area contributed by atoms with E-state index in [0.717, 1.165) is 24.9 Å². The van der Waals surface area contributed by atoms with Gasteiger partial charge in [0.05, 0.1) is 6.04 Å². The number of hydrogen-bond donors (Lipinski definition) is 0. The third kappa shape index (κ3) is 2.93. The average molecular weight is 332 g/mol. The maximum absolute atomic E-state index is 13.1. The summed E-state index contributed by atoms with van der Waals surface area (Å²) in [5.41, 5.74) is 4.20. The molecule has 1 aromatic heterocycles. The number of hydrogen-bond acceptors (Lipinski definition) is 3. The van der Waals surface area contributed by atoms with Crippen molar-refractivity contribution in [3.8, 4) is 5.69 Å². The maximum atomic E-state index is 13.1. The topological polar surface area (TPSA) is 51.0 Å². The van der Waals surface area contributed by atoms with E-state index in [4.69, 9.17) is 0 Å². The molecule has 0 radical (unpaired) electrons. The molecule has 5 nitrogen and oxygen atoms in total. The molecule has 1 heterocycles. The van der Waals surface area contributed by atoms with Gasteiger partial charge in [0, 0.05) is 18.3 Å². The zero-order chi connectivity index (χ0) is 17.2. The summed E-state index contributed by atoms with van der Waals surface area (Å²) in [5, 5.41) is 7.65. The molecule has 0 fully saturated rings. The second-order valence-electron chi connectivity index (χ2n) is 6.44. The largest absolute Gasteiger partial charge is 0.335 e. The van der Waals surface area contributed by atoms with Gasteiger partial charge in [-0.2, -0.15) is 0 Å². The van der Waals surface area contributed by atoms with Crippen LogP contribution in [0.1, 0.15) is 40.4 Å². The van der Waals surface area contributed by atoms with Crippen molar-refractivity contribution < 1.29 is 4.79 Å². The Morgan fingerprint density at radius 2 is 1.92 bits per heavy atom. The molecule has 0 saturated heterocycles. The summed E-state index contributed by atoms with van der Waals surface area (Å²) >= 11 is 0. The van der Waals surface area contributed by atoms with Crippen LogP contribution in [0, 0.1) is 0 Å². The van der Waals surface area contributed by atoms with Gasteiger partial charge in [0.15, 0.2) is 0 Å². The Balaban J connectivity index is 1.62. The highest BCUT2D eigenvalue weighted by molar-refractivity contribution is 5.95. The van der Waals surface area contributed by atoms with Crippen LogP contribution in [0.3, 0.4) is 0 Å². The number of benzene rings is 2. The first-order valence-electron chi connectivity index (χ1n) is 8.54. The van der Waals surface area contributed by atoms with Crippen molar-refractivity contribution in [1.82, 2.24) is 19.7 Å². The molecule has 25 heavy (non-hydrogen) atoms. The second-order valence-corrected chi connectivity index (χ2v) is 6.44. The molecule has 0 aliphatic heterocycles. The molecule has 4 rings (SSSR count). The first-order chi connectivity index (χ1) is 12.2. The summed E-state index contributed by atoms with van der Waals surface area (Å²) in [6, 6.07) is 16.2. The first kappa shape index (κ1) is 15.6.